The van der Waals surface area contributed by atoms with E-state index >= 15 is 0 Å². The number of nitrogens with zero attached hydrogens (tertiary/aromatic N) is 3. The number of hydrogen-bond donors (Lipinski definition) is 0. The van der Waals surface area contributed by atoms with Crippen LogP contribution in [0.15, 0.2) is 28.8 Å². The van der Waals surface area contributed by atoms with Gasteiger partial charge in [-0.1, -0.05) is 17.3 Å². The Morgan fingerprint density at radius 1 is 1.29 bits per heavy atom. The Labute approximate surface area is 140 Å². The van der Waals surface area contributed by atoms with Crippen molar-refractivity contribution < 1.29 is 18.8 Å². The topological polar surface area (TPSA) is 77.7 Å². The predicted octanol–water partition coefficient (Wildman–Crippen LogP) is 2.21. The number of carbonyl (C=O) groups excluding carboxylic acids is 1. The summed E-state index contributed by atoms with van der Waals surface area (Å²) in [7, 11) is 0. The van der Waals surface area contributed by atoms with E-state index in [0.717, 1.165) is 0 Å². The molecule has 7 heteroatoms. The fourth-order valence-corrected chi connectivity index (χ4v) is 2.83. The summed E-state index contributed by atoms with van der Waals surface area (Å²) in [5, 5.41) is 3.79. The first-order chi connectivity index (χ1) is 11.5. The van der Waals surface area contributed by atoms with Crippen LogP contribution in [0.5, 0.6) is 5.75 Å². The van der Waals surface area contributed by atoms with Gasteiger partial charge in [0.1, 0.15) is 5.75 Å². The van der Waals surface area contributed by atoms with E-state index in [2.05, 4.69) is 10.1 Å². The van der Waals surface area contributed by atoms with Gasteiger partial charge in [-0.3, -0.25) is 4.79 Å². The van der Waals surface area contributed by atoms with Gasteiger partial charge in [0, 0.05) is 20.0 Å². The monoisotopic (exact) mass is 331 g/mol. The Kier molecular flexibility index (Phi) is 4.80. The van der Waals surface area contributed by atoms with Gasteiger partial charge < -0.3 is 18.9 Å². The molecule has 0 saturated carbocycles. The van der Waals surface area contributed by atoms with Crippen LogP contribution in [-0.2, 0) is 11.3 Å². The van der Waals surface area contributed by atoms with Gasteiger partial charge in [0.15, 0.2) is 6.61 Å². The number of amides is 1. The van der Waals surface area contributed by atoms with Gasteiger partial charge in [-0.15, -0.1) is 0 Å². The molecule has 0 bridgehead atoms. The van der Waals surface area contributed by atoms with Crippen molar-refractivity contribution in [3.63, 3.8) is 0 Å². The third-order valence-electron chi connectivity index (χ3n) is 3.75. The molecule has 0 aliphatic carbocycles. The fraction of sp³-hybridized carbons (Fsp3) is 0.471. The summed E-state index contributed by atoms with van der Waals surface area (Å²) in [6, 6.07) is 7.20. The zero-order chi connectivity index (χ0) is 17.1. The second-order valence-corrected chi connectivity index (χ2v) is 5.98. The molecular weight excluding hydrogens is 310 g/mol. The van der Waals surface area contributed by atoms with E-state index in [4.69, 9.17) is 14.0 Å². The Balaban J connectivity index is 1.74. The maximum atomic E-state index is 12.9. The summed E-state index contributed by atoms with van der Waals surface area (Å²) in [5.74, 6) is 1.38. The quantitative estimate of drug-likeness (QED) is 0.855. The molecule has 0 radical (unpaired) electrons. The molecule has 3 rings (SSSR count). The minimum absolute atomic E-state index is 0.0214. The normalized spacial score (nSPS) is 20.9. The van der Waals surface area contributed by atoms with Crippen LogP contribution in [0, 0.1) is 6.92 Å². The Hall–Kier alpha value is -2.41. The standard InChI is InChI=1S/C17H21N3O4/c1-11-8-20(9-12(2)23-11)17(21)14-6-4-5-7-15(14)22-10-16-18-13(3)24-19-16/h4-7,11-12H,8-10H2,1-3H3/t11-,12-/m1/s1. The first-order valence-electron chi connectivity index (χ1n) is 7.98. The Morgan fingerprint density at radius 2 is 2.00 bits per heavy atom. The molecule has 1 aliphatic heterocycles. The molecule has 2 atom stereocenters. The van der Waals surface area contributed by atoms with Crippen LogP contribution < -0.4 is 4.74 Å². The second-order valence-electron chi connectivity index (χ2n) is 5.98. The third kappa shape index (κ3) is 3.73. The summed E-state index contributed by atoms with van der Waals surface area (Å²) in [4.78, 5) is 18.8. The molecule has 1 amide bonds. The van der Waals surface area contributed by atoms with E-state index in [9.17, 15) is 4.79 Å². The van der Waals surface area contributed by atoms with Crippen molar-refractivity contribution in [2.45, 2.75) is 39.6 Å². The summed E-state index contributed by atoms with van der Waals surface area (Å²) < 4.78 is 16.3. The SMILES string of the molecule is Cc1nc(COc2ccccc2C(=O)N2C[C@@H](C)O[C@H](C)C2)no1. The largest absolute Gasteiger partial charge is 0.485 e. The minimum Gasteiger partial charge on any atom is -0.485 e. The maximum absolute atomic E-state index is 12.9. The molecule has 1 fully saturated rings. The highest BCUT2D eigenvalue weighted by Crippen LogP contribution is 2.23. The first kappa shape index (κ1) is 16.4. The Bertz CT molecular complexity index is 705. The van der Waals surface area contributed by atoms with Crippen molar-refractivity contribution in [1.82, 2.24) is 15.0 Å². The van der Waals surface area contributed by atoms with Crippen LogP contribution in [0.2, 0.25) is 0 Å². The molecule has 0 N–H and O–H groups in total. The van der Waals surface area contributed by atoms with Crippen LogP contribution in [0.25, 0.3) is 0 Å². The van der Waals surface area contributed by atoms with Crippen LogP contribution >= 0.6 is 0 Å². The van der Waals surface area contributed by atoms with Crippen molar-refractivity contribution in [3.05, 3.63) is 41.5 Å². The zero-order valence-electron chi connectivity index (χ0n) is 14.1. The van der Waals surface area contributed by atoms with E-state index in [-0.39, 0.29) is 24.7 Å². The lowest BCUT2D eigenvalue weighted by Crippen LogP contribution is -2.48. The lowest BCUT2D eigenvalue weighted by atomic mass is 10.1. The molecule has 2 aromatic rings. The summed E-state index contributed by atoms with van der Waals surface area (Å²) >= 11 is 0. The zero-order valence-corrected chi connectivity index (χ0v) is 14.1. The molecule has 1 aliphatic rings. The van der Waals surface area contributed by atoms with Crippen molar-refractivity contribution in [1.29, 1.82) is 0 Å². The van der Waals surface area contributed by atoms with Crippen LogP contribution in [-0.4, -0.2) is 46.2 Å². The van der Waals surface area contributed by atoms with Crippen molar-refractivity contribution >= 4 is 5.91 Å². The molecule has 7 nitrogen and oxygen atoms in total. The summed E-state index contributed by atoms with van der Waals surface area (Å²) in [6.45, 7) is 6.95. The van der Waals surface area contributed by atoms with E-state index in [1.165, 1.54) is 0 Å². The van der Waals surface area contributed by atoms with Gasteiger partial charge in [-0.2, -0.15) is 4.98 Å². The van der Waals surface area contributed by atoms with Gasteiger partial charge in [-0.05, 0) is 26.0 Å². The number of para-hydroxylation sites is 1. The van der Waals surface area contributed by atoms with Crippen LogP contribution in [0.4, 0.5) is 0 Å². The third-order valence-corrected chi connectivity index (χ3v) is 3.75. The molecule has 24 heavy (non-hydrogen) atoms. The average Bonchev–Trinajstić information content (AvgIpc) is 2.97. The van der Waals surface area contributed by atoms with Crippen LogP contribution in [0.1, 0.15) is 35.9 Å². The minimum atomic E-state index is -0.0584. The van der Waals surface area contributed by atoms with Gasteiger partial charge in [0.2, 0.25) is 11.7 Å². The van der Waals surface area contributed by atoms with E-state index in [1.807, 2.05) is 26.0 Å². The Morgan fingerprint density at radius 3 is 2.67 bits per heavy atom. The van der Waals surface area contributed by atoms with Gasteiger partial charge in [0.25, 0.3) is 5.91 Å². The van der Waals surface area contributed by atoms with Crippen molar-refractivity contribution in [2.24, 2.45) is 0 Å². The number of morpholine rings is 1. The first-order valence-corrected chi connectivity index (χ1v) is 7.98. The maximum Gasteiger partial charge on any atom is 0.257 e. The van der Waals surface area contributed by atoms with Gasteiger partial charge in [0.05, 0.1) is 17.8 Å². The van der Waals surface area contributed by atoms with E-state index in [1.54, 1.807) is 24.0 Å². The van der Waals surface area contributed by atoms with Crippen LogP contribution in [0.3, 0.4) is 0 Å². The lowest BCUT2D eigenvalue weighted by Gasteiger charge is -2.35. The van der Waals surface area contributed by atoms with Crippen molar-refractivity contribution in [3.8, 4) is 5.75 Å². The molecule has 128 valence electrons. The number of aromatic nitrogens is 2. The number of hydrogen-bond acceptors (Lipinski definition) is 6. The number of aryl methyl sites for hydroxylation is 1. The van der Waals surface area contributed by atoms with E-state index < -0.39 is 0 Å². The molecule has 1 aromatic carbocycles. The average molecular weight is 331 g/mol. The fourth-order valence-electron chi connectivity index (χ4n) is 2.83. The number of ether oxygens (including phenoxy) is 2. The highest BCUT2D eigenvalue weighted by Gasteiger charge is 2.28. The smallest absolute Gasteiger partial charge is 0.257 e. The highest BCUT2D eigenvalue weighted by molar-refractivity contribution is 5.97. The molecule has 2 heterocycles. The van der Waals surface area contributed by atoms with Gasteiger partial charge in [-0.25, -0.2) is 0 Å². The predicted molar refractivity (Wildman–Crippen MR) is 85.7 cm³/mol. The number of rotatable bonds is 4. The lowest BCUT2D eigenvalue weighted by molar-refractivity contribution is -0.0586. The second kappa shape index (κ2) is 7.00. The van der Waals surface area contributed by atoms with E-state index in [0.29, 0.717) is 36.1 Å². The molecular formula is C17H21N3O4. The van der Waals surface area contributed by atoms with Gasteiger partial charge >= 0.3 is 0 Å². The molecule has 0 spiro atoms. The summed E-state index contributed by atoms with van der Waals surface area (Å²) in [6.07, 6.45) is 0.0428. The molecule has 1 saturated heterocycles. The van der Waals surface area contributed by atoms with Crippen molar-refractivity contribution in [2.75, 3.05) is 13.1 Å². The molecule has 1 aromatic heterocycles. The summed E-state index contributed by atoms with van der Waals surface area (Å²) in [5.41, 5.74) is 0.527. The number of benzene rings is 1. The number of carbonyl (C=O) groups is 1. The molecule has 0 unspecified atom stereocenters. The highest BCUT2D eigenvalue weighted by atomic mass is 16.5.